The maximum Gasteiger partial charge on any atom is 0.0944 e. The first-order valence-corrected chi connectivity index (χ1v) is 25.7. The van der Waals surface area contributed by atoms with E-state index in [2.05, 4.69) is 19.1 Å². The third-order valence-corrected chi connectivity index (χ3v) is 25.6. The molecule has 0 bridgehead atoms. The first kappa shape index (κ1) is 25.0. The highest BCUT2D eigenvalue weighted by molar-refractivity contribution is 6.82. The maximum atomic E-state index is 11.6. The lowest BCUT2D eigenvalue weighted by molar-refractivity contribution is 0.227. The minimum absolute atomic E-state index is 0.210. The van der Waals surface area contributed by atoms with E-state index in [0.717, 1.165) is 18.4 Å². The van der Waals surface area contributed by atoms with E-state index in [1.807, 2.05) is 0 Å². The topological polar surface area (TPSA) is 23.8 Å². The van der Waals surface area contributed by atoms with Gasteiger partial charge in [-0.3, -0.25) is 0 Å². The van der Waals surface area contributed by atoms with Crippen LogP contribution in [0.2, 0.25) is 0 Å². The molecule has 0 amide bonds. The highest BCUT2D eigenvalue weighted by Gasteiger charge is 2.72. The van der Waals surface area contributed by atoms with E-state index in [0.29, 0.717) is 0 Å². The summed E-state index contributed by atoms with van der Waals surface area (Å²) in [6.07, 6.45) is 4.43. The summed E-state index contributed by atoms with van der Waals surface area (Å²) in [7, 11) is 0. The summed E-state index contributed by atoms with van der Waals surface area (Å²) in [5.74, 6) is 0.210. The number of benzene rings is 18. The van der Waals surface area contributed by atoms with E-state index >= 15 is 0 Å². The van der Waals surface area contributed by atoms with Crippen molar-refractivity contribution in [1.29, 1.82) is 5.26 Å². The number of nitriles is 1. The van der Waals surface area contributed by atoms with Crippen LogP contribution in [0.15, 0.2) is 11.6 Å². The molecule has 1 atom stereocenters. The average Bonchev–Trinajstić information content (AvgIpc) is 4.27. The predicted molar refractivity (Wildman–Crippen MR) is 286 cm³/mol. The molecule has 0 aliphatic heterocycles. The first-order chi connectivity index (χ1) is 33.8. The van der Waals surface area contributed by atoms with Gasteiger partial charge in [0.2, 0.25) is 0 Å². The van der Waals surface area contributed by atoms with Gasteiger partial charge >= 0.3 is 0 Å². The Morgan fingerprint density at radius 3 is 0.662 bits per heavy atom. The molecule has 5 aliphatic carbocycles. The van der Waals surface area contributed by atoms with E-state index in [9.17, 15) is 5.26 Å². The number of rotatable bonds is 1. The Morgan fingerprint density at radius 2 is 0.485 bits per heavy atom. The van der Waals surface area contributed by atoms with E-state index in [-0.39, 0.29) is 16.7 Å². The molecule has 0 N–H and O–H groups in total. The van der Waals surface area contributed by atoms with Crippen LogP contribution in [0.1, 0.15) is 42.0 Å². The lowest BCUT2D eigenvalue weighted by Crippen LogP contribution is -2.57. The molecule has 0 saturated carbocycles. The molecule has 1 nitrogen and oxygen atoms in total. The summed E-state index contributed by atoms with van der Waals surface area (Å²) in [6, 6.07) is 2.99. The summed E-state index contributed by atoms with van der Waals surface area (Å²) in [4.78, 5) is 0. The predicted octanol–water partition coefficient (Wildman–Crippen LogP) is 18.2. The molecule has 28 aromatic carbocycles. The minimum Gasteiger partial charge on any atom is -0.193 e. The molecule has 68 heavy (non-hydrogen) atoms. The van der Waals surface area contributed by atoms with Gasteiger partial charge in [-0.2, -0.15) is 5.26 Å². The van der Waals surface area contributed by atoms with Crippen molar-refractivity contribution in [3.8, 4) is 6.07 Å². The van der Waals surface area contributed by atoms with Crippen molar-refractivity contribution < 1.29 is 0 Å². The summed E-state index contributed by atoms with van der Waals surface area (Å²) < 4.78 is 0. The Hall–Kier alpha value is -8.31. The first-order valence-electron chi connectivity index (χ1n) is 25.7. The van der Waals surface area contributed by atoms with Gasteiger partial charge in [-0.1, -0.05) is 13.0 Å². The summed E-state index contributed by atoms with van der Waals surface area (Å²) in [5.41, 5.74) is 7.21. The third kappa shape index (κ3) is 1.26. The normalized spacial score (nSPS) is 24.0. The van der Waals surface area contributed by atoms with E-state index < -0.39 is 0 Å². The molecule has 0 aromatic heterocycles. The monoisotopic (exact) mass is 827 g/mol. The molecule has 2 spiro atoms. The van der Waals surface area contributed by atoms with Crippen molar-refractivity contribution in [2.45, 2.75) is 30.6 Å². The van der Waals surface area contributed by atoms with Crippen molar-refractivity contribution in [2.24, 2.45) is 5.92 Å². The molecular formula is C67H9N. The van der Waals surface area contributed by atoms with Gasteiger partial charge in [-0.15, -0.1) is 0 Å². The Kier molecular flexibility index (Phi) is 2.04. The van der Waals surface area contributed by atoms with Crippen LogP contribution in [0.4, 0.5) is 0 Å². The Morgan fingerprint density at radius 1 is 0.309 bits per heavy atom. The zero-order valence-corrected chi connectivity index (χ0v) is 35.0. The molecule has 0 radical (unpaired) electrons. The number of nitrogens with zero attached hydrogens (tertiary/aromatic N) is 1. The fourth-order valence-corrected chi connectivity index (χ4v) is 25.7. The van der Waals surface area contributed by atoms with Crippen LogP contribution in [0, 0.1) is 17.2 Å². The minimum atomic E-state index is -0.362. The Bertz CT molecular complexity index is 7040. The van der Waals surface area contributed by atoms with Crippen molar-refractivity contribution in [2.75, 3.05) is 0 Å². The van der Waals surface area contributed by atoms with Crippen molar-refractivity contribution in [3.05, 3.63) is 33.9 Å². The SMILES string of the molecule is CCC1C=C(C#N)CC23c4c5c6c7c8c9c(c%10c%11c2c2c4c4c%12c5c5c6c6c8c8c%13c9c9c%10c%10c%11c%11c2c2c4c4c%12c%12c5c5c6c8c6c8c%13c9c9c%10c%10c%11c2c2c4c4c%12c5c6c5c8c9c%10c2c45)C713. The molecule has 0 heterocycles. The highest BCUT2D eigenvalue weighted by atomic mass is 14.7. The van der Waals surface area contributed by atoms with Crippen LogP contribution in [0.25, 0.3) is 291 Å². The van der Waals surface area contributed by atoms with Gasteiger partial charge in [0.05, 0.1) is 6.07 Å². The third-order valence-electron chi connectivity index (χ3n) is 25.6. The van der Waals surface area contributed by atoms with Crippen LogP contribution in [0.3, 0.4) is 0 Å². The molecule has 0 fully saturated rings. The van der Waals surface area contributed by atoms with Crippen LogP contribution in [-0.4, -0.2) is 0 Å². The van der Waals surface area contributed by atoms with Crippen molar-refractivity contribution in [1.82, 2.24) is 0 Å². The van der Waals surface area contributed by atoms with Gasteiger partial charge in [-0.05, 0) is 332 Å². The van der Waals surface area contributed by atoms with Crippen molar-refractivity contribution in [3.63, 3.8) is 0 Å². The van der Waals surface area contributed by atoms with Gasteiger partial charge in [0.25, 0.3) is 0 Å². The van der Waals surface area contributed by atoms with Gasteiger partial charge in [0, 0.05) is 16.4 Å². The van der Waals surface area contributed by atoms with Crippen molar-refractivity contribution >= 4 is 291 Å². The molecule has 1 unspecified atom stereocenters. The Balaban J connectivity index is 1.24. The summed E-state index contributed by atoms with van der Waals surface area (Å²) >= 11 is 0. The van der Waals surface area contributed by atoms with Crippen LogP contribution < -0.4 is 0 Å². The van der Waals surface area contributed by atoms with Crippen LogP contribution in [0.5, 0.6) is 0 Å². The lowest BCUT2D eigenvalue weighted by atomic mass is 9.41. The number of allylic oxidation sites excluding steroid dienone is 2. The van der Waals surface area contributed by atoms with Gasteiger partial charge in [0.1, 0.15) is 0 Å². The van der Waals surface area contributed by atoms with Gasteiger partial charge in [0.15, 0.2) is 0 Å². The molecule has 0 saturated heterocycles. The van der Waals surface area contributed by atoms with Crippen LogP contribution in [-0.2, 0) is 10.8 Å². The standard InChI is InChI=1S/C67H9N/c1-2-7-3-6(5-68)4-66-62-54-46-36-26-18-10-8-9-12-16-14(10)22-30-24(16)34-28-20(12)21-13(9)17-15-11(8)19(18)27-33-23(15)31-25(17)35-29(21)39-38(28)50-44(34)52-42(30)48(40(46)32(22)26)56(62)58(52)64-60(50)61-51(39)45(35)53-43(31)49-41(33)47(37(27)36)55(54)63(66)57(49)59(53)65(61)67(7,64)66/h3,7H,2,4H2,1H3. The lowest BCUT2D eigenvalue weighted by Gasteiger charge is -2.59. The number of hydrogen-bond donors (Lipinski definition) is 0. The zero-order chi connectivity index (χ0) is 40.5. The molecule has 33 rings (SSSR count). The fraction of sp³-hybridized carbons (Fsp3) is 0.0896. The average molecular weight is 828 g/mol. The Labute approximate surface area is 370 Å². The molecular weight excluding hydrogens is 819 g/mol. The molecule has 28 aromatic rings. The molecule has 1 heteroatoms. The maximum absolute atomic E-state index is 11.6. The van der Waals surface area contributed by atoms with E-state index in [1.54, 1.807) is 313 Å². The summed E-state index contributed by atoms with van der Waals surface area (Å²) in [6.45, 7) is 2.50. The quantitative estimate of drug-likeness (QED) is 0.151. The second-order valence-electron chi connectivity index (χ2n) is 25.5. The van der Waals surface area contributed by atoms with Crippen LogP contribution >= 0.6 is 0 Å². The second kappa shape index (κ2) is 5.54. The van der Waals surface area contributed by atoms with Gasteiger partial charge < -0.3 is 0 Å². The number of hydrogen-bond acceptors (Lipinski definition) is 1. The molecule has 5 aliphatic rings. The smallest absolute Gasteiger partial charge is 0.0944 e. The zero-order valence-electron chi connectivity index (χ0n) is 35.0. The largest absolute Gasteiger partial charge is 0.193 e. The second-order valence-corrected chi connectivity index (χ2v) is 25.5. The van der Waals surface area contributed by atoms with E-state index in [4.69, 9.17) is 0 Å². The highest BCUT2D eigenvalue weighted by Crippen LogP contribution is 2.86. The summed E-state index contributed by atoms with van der Waals surface area (Å²) in [5, 5.41) is 100. The van der Waals surface area contributed by atoms with Gasteiger partial charge in [-0.25, -0.2) is 0 Å². The van der Waals surface area contributed by atoms with E-state index in [1.165, 1.54) is 0 Å². The fourth-order valence-electron chi connectivity index (χ4n) is 25.7. The molecule has 282 valence electrons.